The fraction of sp³-hybridized carbons (Fsp3) is 0.500. The zero-order valence-corrected chi connectivity index (χ0v) is 27.0. The number of benzene rings is 1. The molecule has 2 saturated heterocycles. The van der Waals surface area contributed by atoms with E-state index in [4.69, 9.17) is 30.8 Å². The maximum absolute atomic E-state index is 14.1. The number of nitrogens with zero attached hydrogens (tertiary/aromatic N) is 6. The lowest BCUT2D eigenvalue weighted by Crippen LogP contribution is -2.47. The van der Waals surface area contributed by atoms with Gasteiger partial charge in [0.1, 0.15) is 17.1 Å². The number of methoxy groups -OCH3 is 2. The van der Waals surface area contributed by atoms with E-state index in [1.165, 1.54) is 13.2 Å². The van der Waals surface area contributed by atoms with Crippen molar-refractivity contribution in [2.45, 2.75) is 26.0 Å². The molecular weight excluding hydrogens is 598 g/mol. The van der Waals surface area contributed by atoms with Gasteiger partial charge in [-0.25, -0.2) is 4.98 Å². The van der Waals surface area contributed by atoms with Gasteiger partial charge in [0.2, 0.25) is 11.9 Å². The van der Waals surface area contributed by atoms with Gasteiger partial charge in [0.05, 0.1) is 38.5 Å². The van der Waals surface area contributed by atoms with Crippen molar-refractivity contribution in [2.75, 3.05) is 85.0 Å². The van der Waals surface area contributed by atoms with Gasteiger partial charge in [-0.3, -0.25) is 19.1 Å². The molecule has 3 aromatic rings. The molecule has 45 heavy (non-hydrogen) atoms. The van der Waals surface area contributed by atoms with E-state index in [0.717, 1.165) is 45.7 Å². The number of anilines is 1. The van der Waals surface area contributed by atoms with Crippen molar-refractivity contribution < 1.29 is 19.0 Å². The highest BCUT2D eigenvalue weighted by molar-refractivity contribution is 6.35. The van der Waals surface area contributed by atoms with E-state index in [1.54, 1.807) is 41.0 Å². The molecule has 2 aliphatic heterocycles. The number of carbonyl (C=O) groups excluding carboxylic acids is 1. The van der Waals surface area contributed by atoms with Gasteiger partial charge < -0.3 is 29.3 Å². The highest BCUT2D eigenvalue weighted by Gasteiger charge is 2.26. The van der Waals surface area contributed by atoms with Gasteiger partial charge in [-0.1, -0.05) is 25.1 Å². The topological polar surface area (TPSA) is 114 Å². The summed E-state index contributed by atoms with van der Waals surface area (Å²) in [5, 5.41) is 4.31. The van der Waals surface area contributed by atoms with Crippen molar-refractivity contribution in [3.63, 3.8) is 0 Å². The Hall–Kier alpha value is -3.71. The van der Waals surface area contributed by atoms with E-state index in [0.29, 0.717) is 64.3 Å². The minimum absolute atomic E-state index is 0.110. The number of likely N-dealkylation sites (N-methyl/N-ethyl adjacent to an activating group) is 1. The third-order valence-corrected chi connectivity index (χ3v) is 8.90. The van der Waals surface area contributed by atoms with Crippen LogP contribution in [0.25, 0.3) is 22.2 Å². The third-order valence-electron chi connectivity index (χ3n) is 8.51. The molecule has 242 valence electrons. The summed E-state index contributed by atoms with van der Waals surface area (Å²) >= 11 is 6.71. The summed E-state index contributed by atoms with van der Waals surface area (Å²) in [6.45, 7) is 14.2. The quantitative estimate of drug-likeness (QED) is 0.280. The van der Waals surface area contributed by atoms with Crippen molar-refractivity contribution >= 4 is 34.5 Å². The SMILES string of the molecule is C=CC(=O)N1CCC(OCCn2c(=O)c(-c3cc(OC)cc(OC)c3Cl)cc3cnc(NCCN4CCN(CC)CC4)nc32)C1. The molecule has 2 aliphatic rings. The second kappa shape index (κ2) is 15.0. The van der Waals surface area contributed by atoms with Gasteiger partial charge in [0.15, 0.2) is 0 Å². The number of hydrogen-bond acceptors (Lipinski definition) is 10. The molecular formula is C32H42ClN7O5. The Labute approximate surface area is 268 Å². The fourth-order valence-electron chi connectivity index (χ4n) is 5.84. The van der Waals surface area contributed by atoms with Gasteiger partial charge in [-0.2, -0.15) is 4.98 Å². The molecule has 1 unspecified atom stereocenters. The monoisotopic (exact) mass is 639 g/mol. The van der Waals surface area contributed by atoms with Crippen LogP contribution in [0.15, 0.2) is 41.8 Å². The summed E-state index contributed by atoms with van der Waals surface area (Å²) in [5.74, 6) is 1.24. The second-order valence-corrected chi connectivity index (χ2v) is 11.5. The Morgan fingerprint density at radius 1 is 1.09 bits per heavy atom. The fourth-order valence-corrected chi connectivity index (χ4v) is 6.13. The lowest BCUT2D eigenvalue weighted by atomic mass is 10.0. The van der Waals surface area contributed by atoms with Crippen molar-refractivity contribution in [3.8, 4) is 22.6 Å². The molecule has 1 aromatic carbocycles. The Kier molecular flexibility index (Phi) is 10.9. The minimum atomic E-state index is -0.281. The molecule has 13 heteroatoms. The van der Waals surface area contributed by atoms with Gasteiger partial charge in [-0.15, -0.1) is 0 Å². The Bertz CT molecular complexity index is 1570. The number of likely N-dealkylation sites (tertiary alicyclic amines) is 1. The van der Waals surface area contributed by atoms with Crippen LogP contribution in [-0.4, -0.2) is 121 Å². The molecule has 0 bridgehead atoms. The predicted molar refractivity (Wildman–Crippen MR) is 176 cm³/mol. The van der Waals surface area contributed by atoms with Crippen molar-refractivity contribution in [1.82, 2.24) is 29.2 Å². The Morgan fingerprint density at radius 2 is 1.87 bits per heavy atom. The molecule has 5 rings (SSSR count). The number of nitrogens with one attached hydrogen (secondary N) is 1. The number of halogens is 1. The maximum Gasteiger partial charge on any atom is 0.260 e. The number of pyridine rings is 1. The van der Waals surface area contributed by atoms with Crippen LogP contribution in [0.4, 0.5) is 5.95 Å². The number of ether oxygens (including phenoxy) is 3. The molecule has 0 saturated carbocycles. The van der Waals surface area contributed by atoms with E-state index in [2.05, 4.69) is 33.6 Å². The summed E-state index contributed by atoms with van der Waals surface area (Å²) in [7, 11) is 3.06. The number of aromatic nitrogens is 3. The first-order chi connectivity index (χ1) is 21.8. The summed E-state index contributed by atoms with van der Waals surface area (Å²) in [4.78, 5) is 42.1. The van der Waals surface area contributed by atoms with Crippen LogP contribution < -0.4 is 20.3 Å². The predicted octanol–water partition coefficient (Wildman–Crippen LogP) is 2.98. The molecule has 1 amide bonds. The summed E-state index contributed by atoms with van der Waals surface area (Å²) in [6, 6.07) is 5.14. The molecule has 0 radical (unpaired) electrons. The number of piperazine rings is 1. The van der Waals surface area contributed by atoms with E-state index in [-0.39, 0.29) is 30.7 Å². The lowest BCUT2D eigenvalue weighted by molar-refractivity contribution is -0.125. The molecule has 1 N–H and O–H groups in total. The van der Waals surface area contributed by atoms with Crippen LogP contribution in [0.3, 0.4) is 0 Å². The molecule has 0 aliphatic carbocycles. The van der Waals surface area contributed by atoms with Crippen molar-refractivity contribution in [1.29, 1.82) is 0 Å². The van der Waals surface area contributed by atoms with Crippen LogP contribution in [0.5, 0.6) is 11.5 Å². The minimum Gasteiger partial charge on any atom is -0.497 e. The van der Waals surface area contributed by atoms with Gasteiger partial charge >= 0.3 is 0 Å². The number of amides is 1. The van der Waals surface area contributed by atoms with E-state index < -0.39 is 0 Å². The van der Waals surface area contributed by atoms with Crippen LogP contribution >= 0.6 is 11.6 Å². The van der Waals surface area contributed by atoms with Gasteiger partial charge in [-0.05, 0) is 31.2 Å². The normalized spacial score (nSPS) is 17.5. The first kappa shape index (κ1) is 32.7. The van der Waals surface area contributed by atoms with E-state index in [1.807, 2.05) is 0 Å². The largest absolute Gasteiger partial charge is 0.497 e. The third kappa shape index (κ3) is 7.58. The highest BCUT2D eigenvalue weighted by Crippen LogP contribution is 2.38. The number of fused-ring (bicyclic) bond motifs is 1. The molecule has 2 fully saturated rings. The van der Waals surface area contributed by atoms with Crippen LogP contribution in [0.1, 0.15) is 13.3 Å². The zero-order valence-electron chi connectivity index (χ0n) is 26.3. The standard InChI is InChI=1S/C32H42ClN7O5/c1-5-28(41)39-9-7-23(21-39)45-16-15-40-30-22(17-26(31(40)42)25-18-24(43-3)19-27(44-4)29(25)33)20-35-32(36-30)34-8-10-38-13-11-37(6-2)12-14-38/h5,17-20,23H,1,6-16,21H2,2-4H3,(H,34,35,36). The lowest BCUT2D eigenvalue weighted by Gasteiger charge is -2.33. The van der Waals surface area contributed by atoms with Crippen LogP contribution in [0, 0.1) is 0 Å². The van der Waals surface area contributed by atoms with Crippen molar-refractivity contribution in [3.05, 3.63) is 52.4 Å². The zero-order chi connectivity index (χ0) is 31.9. The number of hydrogen-bond donors (Lipinski definition) is 1. The molecule has 2 aromatic heterocycles. The molecule has 12 nitrogen and oxygen atoms in total. The highest BCUT2D eigenvalue weighted by atomic mass is 35.5. The smallest absolute Gasteiger partial charge is 0.260 e. The average Bonchev–Trinajstić information content (AvgIpc) is 3.55. The molecule has 0 spiro atoms. The number of carbonyl (C=O) groups is 1. The summed E-state index contributed by atoms with van der Waals surface area (Å²) < 4.78 is 18.6. The maximum atomic E-state index is 14.1. The van der Waals surface area contributed by atoms with E-state index >= 15 is 0 Å². The first-order valence-corrected chi connectivity index (χ1v) is 15.8. The Balaban J connectivity index is 1.41. The Morgan fingerprint density at radius 3 is 2.58 bits per heavy atom. The van der Waals surface area contributed by atoms with Gasteiger partial charge in [0.25, 0.3) is 5.56 Å². The molecule has 4 heterocycles. The van der Waals surface area contributed by atoms with Crippen LogP contribution in [0.2, 0.25) is 5.02 Å². The van der Waals surface area contributed by atoms with Crippen LogP contribution in [-0.2, 0) is 16.1 Å². The summed E-state index contributed by atoms with van der Waals surface area (Å²) in [6.07, 6.45) is 3.63. The van der Waals surface area contributed by atoms with E-state index in [9.17, 15) is 9.59 Å². The molecule has 1 atom stereocenters. The first-order valence-electron chi connectivity index (χ1n) is 15.4. The van der Waals surface area contributed by atoms with Gasteiger partial charge in [0, 0.05) is 81.1 Å². The summed E-state index contributed by atoms with van der Waals surface area (Å²) in [5.41, 5.74) is 1.05. The second-order valence-electron chi connectivity index (χ2n) is 11.2. The average molecular weight is 640 g/mol. The number of rotatable bonds is 13. The van der Waals surface area contributed by atoms with Crippen molar-refractivity contribution in [2.24, 2.45) is 0 Å².